The fraction of sp³-hybridized carbons (Fsp3) is 0.533. The van der Waals surface area contributed by atoms with E-state index in [4.69, 9.17) is 4.74 Å². The molecule has 134 valence electrons. The van der Waals surface area contributed by atoms with Crippen LogP contribution in [-0.2, 0) is 26.0 Å². The number of ether oxygens (including phenoxy) is 1. The number of benzene rings is 1. The fourth-order valence-electron chi connectivity index (χ4n) is 2.43. The molecule has 24 heavy (non-hydrogen) atoms. The van der Waals surface area contributed by atoms with Crippen molar-refractivity contribution in [1.82, 2.24) is 9.62 Å². The Kier molecular flexibility index (Phi) is 5.89. The van der Waals surface area contributed by atoms with Crippen molar-refractivity contribution >= 4 is 15.9 Å². The number of hydrogen-bond acceptors (Lipinski definition) is 4. The van der Waals surface area contributed by atoms with E-state index in [1.807, 2.05) is 0 Å². The molecule has 1 aliphatic heterocycles. The van der Waals surface area contributed by atoms with Crippen molar-refractivity contribution < 1.29 is 26.7 Å². The summed E-state index contributed by atoms with van der Waals surface area (Å²) in [6.07, 6.45) is -0.124. The lowest BCUT2D eigenvalue weighted by Gasteiger charge is -2.21. The van der Waals surface area contributed by atoms with Crippen LogP contribution in [0.25, 0.3) is 0 Å². The summed E-state index contributed by atoms with van der Waals surface area (Å²) >= 11 is 0. The third-order valence-corrected chi connectivity index (χ3v) is 5.84. The Labute approximate surface area is 139 Å². The van der Waals surface area contributed by atoms with E-state index in [9.17, 15) is 22.0 Å². The van der Waals surface area contributed by atoms with Gasteiger partial charge in [-0.2, -0.15) is 0 Å². The van der Waals surface area contributed by atoms with Gasteiger partial charge in [-0.05, 0) is 17.7 Å². The van der Waals surface area contributed by atoms with Crippen LogP contribution in [0.15, 0.2) is 18.2 Å². The normalized spacial score (nSPS) is 21.2. The first-order valence-corrected chi connectivity index (χ1v) is 9.01. The van der Waals surface area contributed by atoms with Gasteiger partial charge < -0.3 is 10.1 Å². The maximum absolute atomic E-state index is 13.2. The van der Waals surface area contributed by atoms with Gasteiger partial charge in [-0.25, -0.2) is 21.5 Å². The molecule has 6 nitrogen and oxygen atoms in total. The summed E-state index contributed by atoms with van der Waals surface area (Å²) in [7, 11) is -0.516. The molecule has 0 saturated carbocycles. The van der Waals surface area contributed by atoms with E-state index in [-0.39, 0.29) is 31.3 Å². The van der Waals surface area contributed by atoms with E-state index in [0.29, 0.717) is 5.56 Å². The van der Waals surface area contributed by atoms with Gasteiger partial charge in [0.2, 0.25) is 15.9 Å². The lowest BCUT2D eigenvalue weighted by atomic mass is 10.1. The molecule has 0 radical (unpaired) electrons. The molecule has 1 N–H and O–H groups in total. The summed E-state index contributed by atoms with van der Waals surface area (Å²) in [5, 5.41) is 2.71. The standard InChI is InChI=1S/C15H20F2N2O4S/c1-19(2)24(21,22)9-11-7-23-8-14(11)18-15(20)6-10-3-4-12(16)13(17)5-10/h3-5,11,14H,6-9H2,1-2H3,(H,18,20). The maximum atomic E-state index is 13.2. The van der Waals surface area contributed by atoms with Gasteiger partial charge in [0, 0.05) is 20.0 Å². The Morgan fingerprint density at radius 2 is 2.00 bits per heavy atom. The highest BCUT2D eigenvalue weighted by molar-refractivity contribution is 7.89. The molecular formula is C15H20F2N2O4S. The van der Waals surface area contributed by atoms with E-state index in [1.165, 1.54) is 20.2 Å². The van der Waals surface area contributed by atoms with E-state index in [1.54, 1.807) is 0 Å². The molecule has 1 heterocycles. The molecule has 0 aromatic heterocycles. The first kappa shape index (κ1) is 18.8. The number of rotatable bonds is 6. The topological polar surface area (TPSA) is 75.7 Å². The van der Waals surface area contributed by atoms with Crippen LogP contribution in [0.2, 0.25) is 0 Å². The quantitative estimate of drug-likeness (QED) is 0.801. The van der Waals surface area contributed by atoms with Crippen LogP contribution >= 0.6 is 0 Å². The second-order valence-corrected chi connectivity index (χ2v) is 8.19. The monoisotopic (exact) mass is 362 g/mol. The van der Waals surface area contributed by atoms with Gasteiger partial charge in [0.25, 0.3) is 0 Å². The number of amides is 1. The average molecular weight is 362 g/mol. The Morgan fingerprint density at radius 3 is 2.62 bits per heavy atom. The van der Waals surface area contributed by atoms with E-state index in [2.05, 4.69) is 5.32 Å². The largest absolute Gasteiger partial charge is 0.379 e. The highest BCUT2D eigenvalue weighted by Gasteiger charge is 2.34. The zero-order chi connectivity index (χ0) is 17.9. The van der Waals surface area contributed by atoms with E-state index in [0.717, 1.165) is 16.4 Å². The van der Waals surface area contributed by atoms with E-state index >= 15 is 0 Å². The van der Waals surface area contributed by atoms with Crippen molar-refractivity contribution in [2.24, 2.45) is 5.92 Å². The van der Waals surface area contributed by atoms with Gasteiger partial charge >= 0.3 is 0 Å². The Hall–Kier alpha value is -1.58. The van der Waals surface area contributed by atoms with Crippen LogP contribution in [0.4, 0.5) is 8.78 Å². The lowest BCUT2D eigenvalue weighted by Crippen LogP contribution is -2.44. The van der Waals surface area contributed by atoms with Crippen LogP contribution in [0, 0.1) is 17.6 Å². The van der Waals surface area contributed by atoms with Crippen molar-refractivity contribution in [1.29, 1.82) is 0 Å². The van der Waals surface area contributed by atoms with Crippen molar-refractivity contribution in [3.05, 3.63) is 35.4 Å². The molecule has 0 aliphatic carbocycles. The van der Waals surface area contributed by atoms with Crippen molar-refractivity contribution in [2.75, 3.05) is 33.1 Å². The Bertz CT molecular complexity index is 709. The second-order valence-electron chi connectivity index (χ2n) is 5.96. The SMILES string of the molecule is CN(C)S(=O)(=O)CC1COCC1NC(=O)Cc1ccc(F)c(F)c1. The highest BCUT2D eigenvalue weighted by Crippen LogP contribution is 2.17. The predicted octanol–water partition coefficient (Wildman–Crippen LogP) is 0.530. The van der Waals surface area contributed by atoms with Crippen LogP contribution in [-0.4, -0.2) is 57.7 Å². The van der Waals surface area contributed by atoms with Crippen LogP contribution in [0.1, 0.15) is 5.56 Å². The molecule has 1 amide bonds. The van der Waals surface area contributed by atoms with Gasteiger partial charge in [0.1, 0.15) is 0 Å². The fourth-order valence-corrected chi connectivity index (χ4v) is 3.60. The zero-order valence-electron chi connectivity index (χ0n) is 13.5. The number of hydrogen-bond donors (Lipinski definition) is 1. The lowest BCUT2D eigenvalue weighted by molar-refractivity contribution is -0.121. The third kappa shape index (κ3) is 4.71. The number of nitrogens with zero attached hydrogens (tertiary/aromatic N) is 1. The molecular weight excluding hydrogens is 342 g/mol. The number of halogens is 2. The minimum absolute atomic E-state index is 0.124. The van der Waals surface area contributed by atoms with E-state index < -0.39 is 33.6 Å². The maximum Gasteiger partial charge on any atom is 0.224 e. The van der Waals surface area contributed by atoms with Gasteiger partial charge in [-0.3, -0.25) is 4.79 Å². The molecule has 9 heteroatoms. The predicted molar refractivity (Wildman–Crippen MR) is 83.8 cm³/mol. The van der Waals surface area contributed by atoms with Crippen molar-refractivity contribution in [3.8, 4) is 0 Å². The number of sulfonamides is 1. The summed E-state index contributed by atoms with van der Waals surface area (Å²) in [4.78, 5) is 12.1. The van der Waals surface area contributed by atoms with Gasteiger partial charge in [-0.15, -0.1) is 0 Å². The highest BCUT2D eigenvalue weighted by atomic mass is 32.2. The molecule has 0 bridgehead atoms. The van der Waals surface area contributed by atoms with Gasteiger partial charge in [0.15, 0.2) is 11.6 Å². The van der Waals surface area contributed by atoms with Gasteiger partial charge in [0.05, 0.1) is 31.4 Å². The minimum atomic E-state index is -3.41. The summed E-state index contributed by atoms with van der Waals surface area (Å²) in [5.41, 5.74) is 0.336. The first-order valence-electron chi connectivity index (χ1n) is 7.40. The van der Waals surface area contributed by atoms with Crippen LogP contribution in [0.3, 0.4) is 0 Å². The zero-order valence-corrected chi connectivity index (χ0v) is 14.3. The summed E-state index contributed by atoms with van der Waals surface area (Å²) < 4.78 is 56.4. The Morgan fingerprint density at radius 1 is 1.29 bits per heavy atom. The third-order valence-electron chi connectivity index (χ3n) is 3.87. The van der Waals surface area contributed by atoms with Crippen molar-refractivity contribution in [3.63, 3.8) is 0 Å². The molecule has 1 aliphatic rings. The molecule has 2 rings (SSSR count). The Balaban J connectivity index is 1.96. The number of carbonyl (C=O) groups excluding carboxylic acids is 1. The smallest absolute Gasteiger partial charge is 0.224 e. The average Bonchev–Trinajstić information content (AvgIpc) is 2.89. The molecule has 2 atom stereocenters. The summed E-state index contributed by atoms with van der Waals surface area (Å²) in [5.74, 6) is -2.87. The molecule has 1 aromatic rings. The summed E-state index contributed by atoms with van der Waals surface area (Å²) in [6.45, 7) is 0.459. The van der Waals surface area contributed by atoms with Crippen molar-refractivity contribution in [2.45, 2.75) is 12.5 Å². The molecule has 1 saturated heterocycles. The number of carbonyl (C=O) groups is 1. The first-order chi connectivity index (χ1) is 11.2. The van der Waals surface area contributed by atoms with Gasteiger partial charge in [-0.1, -0.05) is 6.07 Å². The number of nitrogens with one attached hydrogen (secondary N) is 1. The second kappa shape index (κ2) is 7.54. The van der Waals surface area contributed by atoms with Crippen LogP contribution < -0.4 is 5.32 Å². The molecule has 1 fully saturated rings. The van der Waals surface area contributed by atoms with Crippen LogP contribution in [0.5, 0.6) is 0 Å². The minimum Gasteiger partial charge on any atom is -0.379 e. The molecule has 1 aromatic carbocycles. The molecule has 0 spiro atoms. The molecule has 2 unspecified atom stereocenters. The summed E-state index contributed by atoms with van der Waals surface area (Å²) in [6, 6.07) is 2.83.